The molecule has 0 bridgehead atoms. The number of hydrogen-bond acceptors (Lipinski definition) is 5. The molecular weight excluding hydrogens is 258 g/mol. The summed E-state index contributed by atoms with van der Waals surface area (Å²) in [6.07, 6.45) is 1.44. The van der Waals surface area contributed by atoms with Crippen LogP contribution in [0.5, 0.6) is 0 Å². The second kappa shape index (κ2) is 5.90. The number of oxazole rings is 1. The Morgan fingerprint density at radius 2 is 2.10 bits per heavy atom. The molecule has 0 saturated heterocycles. The molecule has 0 aliphatic carbocycles. The first-order valence-electron chi connectivity index (χ1n) is 6.80. The van der Waals surface area contributed by atoms with Gasteiger partial charge < -0.3 is 9.15 Å². The Balaban J connectivity index is 2.42. The van der Waals surface area contributed by atoms with E-state index in [9.17, 15) is 4.79 Å². The van der Waals surface area contributed by atoms with Crippen molar-refractivity contribution in [3.05, 3.63) is 23.2 Å². The maximum atomic E-state index is 11.8. The van der Waals surface area contributed by atoms with Crippen molar-refractivity contribution in [3.8, 4) is 11.6 Å². The van der Waals surface area contributed by atoms with E-state index in [-0.39, 0.29) is 5.76 Å². The lowest BCUT2D eigenvalue weighted by atomic mass is 10.3. The Kier molecular flexibility index (Phi) is 4.22. The largest absolute Gasteiger partial charge is 0.460 e. The highest BCUT2D eigenvalue weighted by atomic mass is 16.5. The number of nitrogens with zero attached hydrogens (tertiary/aromatic N) is 3. The SMILES string of the molecule is CCOC(=O)c1oc(-c2cc(CC)nn2C)nc1CC. The van der Waals surface area contributed by atoms with Gasteiger partial charge in [-0.15, -0.1) is 0 Å². The summed E-state index contributed by atoms with van der Waals surface area (Å²) in [7, 11) is 1.83. The van der Waals surface area contributed by atoms with E-state index in [1.54, 1.807) is 11.6 Å². The summed E-state index contributed by atoms with van der Waals surface area (Å²) < 4.78 is 12.3. The first-order chi connectivity index (χ1) is 9.60. The molecular formula is C14H19N3O3. The van der Waals surface area contributed by atoms with E-state index in [0.29, 0.717) is 24.6 Å². The Hall–Kier alpha value is -2.11. The van der Waals surface area contributed by atoms with Crippen LogP contribution in [0.3, 0.4) is 0 Å². The highest BCUT2D eigenvalue weighted by Gasteiger charge is 2.22. The van der Waals surface area contributed by atoms with Gasteiger partial charge in [-0.3, -0.25) is 4.68 Å². The van der Waals surface area contributed by atoms with Crippen molar-refractivity contribution in [1.82, 2.24) is 14.8 Å². The molecule has 6 heteroatoms. The van der Waals surface area contributed by atoms with Crippen LogP contribution in [0, 0.1) is 0 Å². The fraction of sp³-hybridized carbons (Fsp3) is 0.500. The minimum atomic E-state index is -0.471. The number of hydrogen-bond donors (Lipinski definition) is 0. The molecule has 2 heterocycles. The third kappa shape index (κ3) is 2.59. The van der Waals surface area contributed by atoms with E-state index in [1.807, 2.05) is 27.0 Å². The van der Waals surface area contributed by atoms with E-state index in [4.69, 9.17) is 9.15 Å². The third-order valence-corrected chi connectivity index (χ3v) is 3.00. The van der Waals surface area contributed by atoms with E-state index >= 15 is 0 Å². The number of aromatic nitrogens is 3. The summed E-state index contributed by atoms with van der Waals surface area (Å²) in [5, 5.41) is 4.35. The fourth-order valence-corrected chi connectivity index (χ4v) is 1.96. The molecule has 2 aromatic rings. The van der Waals surface area contributed by atoms with Crippen LogP contribution in [0.4, 0.5) is 0 Å². The van der Waals surface area contributed by atoms with Gasteiger partial charge in [0.05, 0.1) is 18.0 Å². The minimum Gasteiger partial charge on any atom is -0.460 e. The number of carbonyl (C=O) groups is 1. The summed E-state index contributed by atoms with van der Waals surface area (Å²) in [5.74, 6) is 0.115. The van der Waals surface area contributed by atoms with E-state index in [0.717, 1.165) is 17.8 Å². The van der Waals surface area contributed by atoms with Crippen LogP contribution in [0.2, 0.25) is 0 Å². The molecule has 0 aliphatic heterocycles. The van der Waals surface area contributed by atoms with E-state index < -0.39 is 5.97 Å². The summed E-state index contributed by atoms with van der Waals surface area (Å²) >= 11 is 0. The molecule has 0 atom stereocenters. The number of esters is 1. The average molecular weight is 277 g/mol. The molecule has 0 aromatic carbocycles. The smallest absolute Gasteiger partial charge is 0.376 e. The zero-order valence-electron chi connectivity index (χ0n) is 12.3. The van der Waals surface area contributed by atoms with E-state index in [2.05, 4.69) is 10.1 Å². The van der Waals surface area contributed by atoms with Crippen LogP contribution >= 0.6 is 0 Å². The van der Waals surface area contributed by atoms with Crippen molar-refractivity contribution in [3.63, 3.8) is 0 Å². The molecule has 20 heavy (non-hydrogen) atoms. The van der Waals surface area contributed by atoms with Gasteiger partial charge in [-0.1, -0.05) is 13.8 Å². The van der Waals surface area contributed by atoms with Gasteiger partial charge in [0.15, 0.2) is 0 Å². The van der Waals surface area contributed by atoms with Crippen molar-refractivity contribution < 1.29 is 13.9 Å². The Labute approximate surface area is 117 Å². The molecule has 6 nitrogen and oxygen atoms in total. The van der Waals surface area contributed by atoms with Gasteiger partial charge in [0.25, 0.3) is 0 Å². The lowest BCUT2D eigenvalue weighted by molar-refractivity contribution is 0.0489. The lowest BCUT2D eigenvalue weighted by Crippen LogP contribution is -2.05. The summed E-state index contributed by atoms with van der Waals surface area (Å²) in [4.78, 5) is 16.2. The molecule has 0 amide bonds. The molecule has 0 fully saturated rings. The maximum absolute atomic E-state index is 11.8. The first-order valence-corrected chi connectivity index (χ1v) is 6.80. The molecule has 0 radical (unpaired) electrons. The van der Waals surface area contributed by atoms with Crippen molar-refractivity contribution in [2.75, 3.05) is 6.61 Å². The fourth-order valence-electron chi connectivity index (χ4n) is 1.96. The van der Waals surface area contributed by atoms with Crippen LogP contribution in [-0.4, -0.2) is 27.3 Å². The minimum absolute atomic E-state index is 0.184. The second-order valence-corrected chi connectivity index (χ2v) is 4.37. The number of ether oxygens (including phenoxy) is 1. The molecule has 2 rings (SSSR count). The molecule has 0 aliphatic rings. The van der Waals surface area contributed by atoms with Crippen LogP contribution in [-0.2, 0) is 24.6 Å². The summed E-state index contributed by atoms with van der Waals surface area (Å²) in [5.41, 5.74) is 2.32. The second-order valence-electron chi connectivity index (χ2n) is 4.37. The number of rotatable bonds is 5. The highest BCUT2D eigenvalue weighted by Crippen LogP contribution is 2.23. The molecule has 0 saturated carbocycles. The number of aryl methyl sites for hydroxylation is 3. The van der Waals surface area contributed by atoms with Crippen molar-refractivity contribution in [1.29, 1.82) is 0 Å². The van der Waals surface area contributed by atoms with Crippen LogP contribution in [0.15, 0.2) is 10.5 Å². The normalized spacial score (nSPS) is 10.8. The maximum Gasteiger partial charge on any atom is 0.376 e. The summed E-state index contributed by atoms with van der Waals surface area (Å²) in [6.45, 7) is 6.02. The van der Waals surface area contributed by atoms with Crippen LogP contribution in [0.25, 0.3) is 11.6 Å². The quantitative estimate of drug-likeness (QED) is 0.785. The molecule has 0 N–H and O–H groups in total. The molecule has 108 valence electrons. The van der Waals surface area contributed by atoms with Gasteiger partial charge in [-0.2, -0.15) is 5.10 Å². The van der Waals surface area contributed by atoms with Gasteiger partial charge in [0, 0.05) is 7.05 Å². The summed E-state index contributed by atoms with van der Waals surface area (Å²) in [6, 6.07) is 1.92. The molecule has 0 spiro atoms. The van der Waals surface area contributed by atoms with Crippen LogP contribution in [0.1, 0.15) is 42.7 Å². The Bertz CT molecular complexity index is 613. The third-order valence-electron chi connectivity index (χ3n) is 3.00. The predicted molar refractivity (Wildman–Crippen MR) is 73.4 cm³/mol. The first kappa shape index (κ1) is 14.3. The van der Waals surface area contributed by atoms with Gasteiger partial charge in [-0.25, -0.2) is 9.78 Å². The molecule has 2 aromatic heterocycles. The van der Waals surface area contributed by atoms with Crippen molar-refractivity contribution >= 4 is 5.97 Å². The molecule has 0 unspecified atom stereocenters. The number of carbonyl (C=O) groups excluding carboxylic acids is 1. The Morgan fingerprint density at radius 3 is 2.65 bits per heavy atom. The lowest BCUT2D eigenvalue weighted by Gasteiger charge is -1.98. The zero-order valence-corrected chi connectivity index (χ0v) is 12.3. The predicted octanol–water partition coefficient (Wildman–Crippen LogP) is 2.38. The monoisotopic (exact) mass is 277 g/mol. The van der Waals surface area contributed by atoms with Gasteiger partial charge >= 0.3 is 5.97 Å². The standard InChI is InChI=1S/C14H19N3O3/c1-5-9-8-11(17(4)16-9)13-15-10(6-2)12(20-13)14(18)19-7-3/h8H,5-7H2,1-4H3. The Morgan fingerprint density at radius 1 is 1.35 bits per heavy atom. The van der Waals surface area contributed by atoms with E-state index in [1.165, 1.54) is 0 Å². The van der Waals surface area contributed by atoms with Crippen LogP contribution < -0.4 is 0 Å². The van der Waals surface area contributed by atoms with Crippen molar-refractivity contribution in [2.45, 2.75) is 33.6 Å². The van der Waals surface area contributed by atoms with Gasteiger partial charge in [0.2, 0.25) is 11.7 Å². The highest BCUT2D eigenvalue weighted by molar-refractivity contribution is 5.88. The van der Waals surface area contributed by atoms with Crippen molar-refractivity contribution in [2.24, 2.45) is 7.05 Å². The topological polar surface area (TPSA) is 70.2 Å². The average Bonchev–Trinajstić information content (AvgIpc) is 3.01. The van der Waals surface area contributed by atoms with Gasteiger partial charge in [0.1, 0.15) is 5.69 Å². The zero-order chi connectivity index (χ0) is 14.7. The van der Waals surface area contributed by atoms with Gasteiger partial charge in [-0.05, 0) is 25.8 Å².